The lowest BCUT2D eigenvalue weighted by Crippen LogP contribution is -2.68. The summed E-state index contributed by atoms with van der Waals surface area (Å²) in [7, 11) is 0. The van der Waals surface area contributed by atoms with Crippen molar-refractivity contribution in [3.05, 3.63) is 34.9 Å². The third-order valence-corrected chi connectivity index (χ3v) is 7.10. The Balaban J connectivity index is 0.00000272. The highest BCUT2D eigenvalue weighted by molar-refractivity contribution is 14.0. The average Bonchev–Trinajstić information content (AvgIpc) is 3.18. The van der Waals surface area contributed by atoms with E-state index in [9.17, 15) is 4.79 Å². The van der Waals surface area contributed by atoms with Gasteiger partial charge >= 0.3 is 0 Å². The predicted molar refractivity (Wildman–Crippen MR) is 135 cm³/mol. The summed E-state index contributed by atoms with van der Waals surface area (Å²) in [5.41, 5.74) is 1.08. The van der Waals surface area contributed by atoms with E-state index in [0.717, 1.165) is 44.2 Å². The Morgan fingerprint density at radius 3 is 2.65 bits per heavy atom. The fourth-order valence-corrected chi connectivity index (χ4v) is 5.46. The Morgan fingerprint density at radius 2 is 1.97 bits per heavy atom. The first-order chi connectivity index (χ1) is 14.4. The van der Waals surface area contributed by atoms with Crippen molar-refractivity contribution in [2.24, 2.45) is 16.3 Å². The summed E-state index contributed by atoms with van der Waals surface area (Å²) in [5, 5.41) is 4.43. The van der Waals surface area contributed by atoms with Crippen LogP contribution in [-0.2, 0) is 16.0 Å². The highest BCUT2D eigenvalue weighted by Gasteiger charge is 2.59. The molecule has 1 aromatic carbocycles. The van der Waals surface area contributed by atoms with E-state index in [2.05, 4.69) is 31.0 Å². The summed E-state index contributed by atoms with van der Waals surface area (Å²) < 4.78 is 5.94. The van der Waals surface area contributed by atoms with E-state index < -0.39 is 0 Å². The minimum absolute atomic E-state index is 0. The molecular formula is C23H34ClIN4O2. The quantitative estimate of drug-likeness (QED) is 0.348. The van der Waals surface area contributed by atoms with Crippen LogP contribution < -0.4 is 5.32 Å². The van der Waals surface area contributed by atoms with Gasteiger partial charge in [-0.15, -0.1) is 24.0 Å². The molecule has 1 aromatic rings. The zero-order valence-electron chi connectivity index (χ0n) is 18.6. The van der Waals surface area contributed by atoms with Gasteiger partial charge in [0.05, 0.1) is 12.5 Å². The maximum atomic E-state index is 12.7. The van der Waals surface area contributed by atoms with Crippen molar-refractivity contribution < 1.29 is 9.53 Å². The van der Waals surface area contributed by atoms with E-state index in [1.807, 2.05) is 29.2 Å². The van der Waals surface area contributed by atoms with Crippen LogP contribution in [0.4, 0.5) is 0 Å². The number of rotatable bonds is 4. The van der Waals surface area contributed by atoms with E-state index in [-0.39, 0.29) is 35.3 Å². The number of hydrogen-bond donors (Lipinski definition) is 1. The molecule has 2 saturated heterocycles. The number of fused-ring (bicyclic) bond motifs is 1. The maximum absolute atomic E-state index is 12.7. The van der Waals surface area contributed by atoms with Gasteiger partial charge in [-0.05, 0) is 31.0 Å². The highest BCUT2D eigenvalue weighted by Crippen LogP contribution is 2.52. The number of amides is 1. The molecule has 2 heterocycles. The number of carbonyl (C=O) groups is 1. The van der Waals surface area contributed by atoms with Gasteiger partial charge in [-0.2, -0.15) is 0 Å². The molecule has 172 valence electrons. The molecule has 3 atom stereocenters. The molecule has 1 aliphatic carbocycles. The Hall–Kier alpha value is -1.06. The van der Waals surface area contributed by atoms with E-state index in [1.165, 1.54) is 0 Å². The summed E-state index contributed by atoms with van der Waals surface area (Å²) >= 11 is 6.05. The van der Waals surface area contributed by atoms with Gasteiger partial charge < -0.3 is 19.9 Å². The zero-order valence-corrected chi connectivity index (χ0v) is 21.7. The number of nitrogens with one attached hydrogen (secondary N) is 1. The molecule has 1 saturated carbocycles. The second-order valence-corrected chi connectivity index (χ2v) is 9.60. The van der Waals surface area contributed by atoms with Crippen molar-refractivity contribution in [1.82, 2.24) is 15.1 Å². The number of piperazine rings is 1. The Morgan fingerprint density at radius 1 is 1.26 bits per heavy atom. The number of ether oxygens (including phenoxy) is 1. The van der Waals surface area contributed by atoms with Gasteiger partial charge in [-0.25, -0.2) is 0 Å². The van der Waals surface area contributed by atoms with Crippen molar-refractivity contribution in [2.45, 2.75) is 45.8 Å². The standard InChI is InChI=1S/C23H33ClN4O2.HI/c1-4-25-22(26-20-18-8-13-30-21(18)23(20,2)3)28-11-9-27(10-12-28)19(29)15-16-6-5-7-17(24)14-16;/h5-7,14,18,20-21H,4,8-13,15H2,1-3H3,(H,25,26);1H. The van der Waals surface area contributed by atoms with Crippen molar-refractivity contribution in [2.75, 3.05) is 39.3 Å². The van der Waals surface area contributed by atoms with Crippen molar-refractivity contribution >= 4 is 47.4 Å². The maximum Gasteiger partial charge on any atom is 0.227 e. The van der Waals surface area contributed by atoms with Crippen molar-refractivity contribution in [3.63, 3.8) is 0 Å². The van der Waals surface area contributed by atoms with E-state index in [1.54, 1.807) is 0 Å². The molecule has 8 heteroatoms. The summed E-state index contributed by atoms with van der Waals surface area (Å²) in [6, 6.07) is 7.93. The largest absolute Gasteiger partial charge is 0.377 e. The van der Waals surface area contributed by atoms with Gasteiger partial charge in [0.15, 0.2) is 5.96 Å². The molecule has 0 radical (unpaired) electrons. The van der Waals surface area contributed by atoms with E-state index in [0.29, 0.717) is 42.6 Å². The third kappa shape index (κ3) is 5.14. The van der Waals surface area contributed by atoms with E-state index in [4.69, 9.17) is 21.3 Å². The van der Waals surface area contributed by atoms with Crippen LogP contribution in [-0.4, -0.2) is 73.1 Å². The normalized spacial score (nSPS) is 27.2. The molecule has 1 N–H and O–H groups in total. The highest BCUT2D eigenvalue weighted by atomic mass is 127. The molecule has 4 rings (SSSR count). The zero-order chi connectivity index (χ0) is 21.3. The lowest BCUT2D eigenvalue weighted by atomic mass is 9.57. The SMILES string of the molecule is CCN=C(NC1C2CCOC2C1(C)C)N1CCN(C(=O)Cc2cccc(Cl)c2)CC1.I. The minimum atomic E-state index is 0. The number of hydrogen-bond acceptors (Lipinski definition) is 3. The summed E-state index contributed by atoms with van der Waals surface area (Å²) in [5.74, 6) is 1.70. The first-order valence-corrected chi connectivity index (χ1v) is 11.5. The summed E-state index contributed by atoms with van der Waals surface area (Å²) in [6.07, 6.45) is 1.88. The van der Waals surface area contributed by atoms with Gasteiger partial charge in [0.25, 0.3) is 0 Å². The topological polar surface area (TPSA) is 57.2 Å². The number of carbonyl (C=O) groups excluding carboxylic acids is 1. The van der Waals surface area contributed by atoms with Gasteiger partial charge in [-0.3, -0.25) is 9.79 Å². The van der Waals surface area contributed by atoms with Crippen LogP contribution in [0.15, 0.2) is 29.3 Å². The molecule has 1 amide bonds. The molecule has 0 aromatic heterocycles. The first kappa shape index (κ1) is 24.6. The average molecular weight is 561 g/mol. The van der Waals surface area contributed by atoms with Crippen LogP contribution in [0, 0.1) is 11.3 Å². The second-order valence-electron chi connectivity index (χ2n) is 9.16. The summed E-state index contributed by atoms with van der Waals surface area (Å²) in [4.78, 5) is 21.7. The van der Waals surface area contributed by atoms with Crippen LogP contribution in [0.5, 0.6) is 0 Å². The lowest BCUT2D eigenvalue weighted by Gasteiger charge is -2.55. The number of guanidine groups is 1. The second kappa shape index (κ2) is 10.3. The molecule has 6 nitrogen and oxygen atoms in total. The fraction of sp³-hybridized carbons (Fsp3) is 0.652. The summed E-state index contributed by atoms with van der Waals surface area (Å²) in [6.45, 7) is 11.3. The molecule has 3 fully saturated rings. The third-order valence-electron chi connectivity index (χ3n) is 6.87. The van der Waals surface area contributed by atoms with Crippen LogP contribution in [0.2, 0.25) is 5.02 Å². The van der Waals surface area contributed by atoms with Gasteiger partial charge in [0, 0.05) is 61.7 Å². The minimum Gasteiger partial charge on any atom is -0.377 e. The fourth-order valence-electron chi connectivity index (χ4n) is 5.24. The predicted octanol–water partition coefficient (Wildman–Crippen LogP) is 3.42. The number of benzene rings is 1. The van der Waals surface area contributed by atoms with E-state index >= 15 is 0 Å². The molecule has 3 unspecified atom stereocenters. The number of nitrogens with zero attached hydrogens (tertiary/aromatic N) is 3. The molecule has 2 aliphatic heterocycles. The van der Waals surface area contributed by atoms with Gasteiger partial charge in [0.2, 0.25) is 5.91 Å². The van der Waals surface area contributed by atoms with Crippen molar-refractivity contribution in [1.29, 1.82) is 0 Å². The first-order valence-electron chi connectivity index (χ1n) is 11.1. The molecule has 0 bridgehead atoms. The molecular weight excluding hydrogens is 527 g/mol. The monoisotopic (exact) mass is 560 g/mol. The molecule has 0 spiro atoms. The molecule has 3 aliphatic rings. The van der Waals surface area contributed by atoms with Gasteiger partial charge in [0.1, 0.15) is 0 Å². The smallest absolute Gasteiger partial charge is 0.227 e. The number of halogens is 2. The van der Waals surface area contributed by atoms with Crippen LogP contribution >= 0.6 is 35.6 Å². The van der Waals surface area contributed by atoms with Crippen molar-refractivity contribution in [3.8, 4) is 0 Å². The Kier molecular flexibility index (Phi) is 8.13. The van der Waals surface area contributed by atoms with Gasteiger partial charge in [-0.1, -0.05) is 37.6 Å². The lowest BCUT2D eigenvalue weighted by molar-refractivity contribution is -0.131. The molecule has 31 heavy (non-hydrogen) atoms. The number of aliphatic imine (C=N–C) groups is 1. The van der Waals surface area contributed by atoms with Crippen LogP contribution in [0.1, 0.15) is 32.8 Å². The van der Waals surface area contributed by atoms with Crippen LogP contribution in [0.3, 0.4) is 0 Å². The Labute approximate surface area is 207 Å². The van der Waals surface area contributed by atoms with Crippen LogP contribution in [0.25, 0.3) is 0 Å². The Bertz CT molecular complexity index is 811.